The number of para-hydroxylation sites is 1. The first-order chi connectivity index (χ1) is 11.2. The van der Waals surface area contributed by atoms with Gasteiger partial charge in [0, 0.05) is 11.3 Å². The highest BCUT2D eigenvalue weighted by atomic mass is 16.5. The molecule has 118 valence electrons. The smallest absolute Gasteiger partial charge is 0.300 e. The molecule has 2 aromatic carbocycles. The van der Waals surface area contributed by atoms with E-state index >= 15 is 0 Å². The molecule has 0 aliphatic heterocycles. The lowest BCUT2D eigenvalue weighted by atomic mass is 10.1. The van der Waals surface area contributed by atoms with Crippen LogP contribution in [0.4, 0.5) is 11.7 Å². The van der Waals surface area contributed by atoms with Gasteiger partial charge in [0.1, 0.15) is 17.7 Å². The molecule has 1 atom stereocenters. The number of benzene rings is 2. The van der Waals surface area contributed by atoms with Gasteiger partial charge in [0.15, 0.2) is 5.76 Å². The Morgan fingerprint density at radius 2 is 1.83 bits per heavy atom. The number of nitrogens with two attached hydrogens (primary N) is 1. The number of aliphatic hydroxyl groups excluding tert-OH is 1. The highest BCUT2D eigenvalue weighted by Gasteiger charge is 2.19. The molecular formula is C17H17N3O3. The minimum Gasteiger partial charge on any atom is -0.497 e. The summed E-state index contributed by atoms with van der Waals surface area (Å²) >= 11 is 0. The number of nitrogens with zero attached hydrogens (tertiary/aromatic N) is 1. The predicted molar refractivity (Wildman–Crippen MR) is 87.4 cm³/mol. The molecule has 0 saturated carbocycles. The van der Waals surface area contributed by atoms with Crippen molar-refractivity contribution in [3.63, 3.8) is 0 Å². The van der Waals surface area contributed by atoms with E-state index in [0.29, 0.717) is 5.76 Å². The van der Waals surface area contributed by atoms with Gasteiger partial charge in [-0.3, -0.25) is 0 Å². The van der Waals surface area contributed by atoms with Gasteiger partial charge in [0.25, 0.3) is 6.01 Å². The molecule has 0 aliphatic rings. The standard InChI is InChI=1S/C17H17N3O3/c1-22-13-9-7-11(8-10-13)15-14(16(18)21)20-17(23-15)19-12-5-3-2-4-6-12/h2-10,16,21H,18H2,1H3,(H,19,20). The number of oxazole rings is 1. The fourth-order valence-electron chi connectivity index (χ4n) is 2.18. The minimum absolute atomic E-state index is 0.265. The molecule has 0 amide bonds. The van der Waals surface area contributed by atoms with Crippen molar-refractivity contribution in [3.8, 4) is 17.1 Å². The van der Waals surface area contributed by atoms with E-state index in [0.717, 1.165) is 17.0 Å². The zero-order valence-corrected chi connectivity index (χ0v) is 12.6. The summed E-state index contributed by atoms with van der Waals surface area (Å²) < 4.78 is 10.9. The molecule has 0 aliphatic carbocycles. The molecule has 4 N–H and O–H groups in total. The third-order valence-electron chi connectivity index (χ3n) is 3.31. The number of rotatable bonds is 5. The summed E-state index contributed by atoms with van der Waals surface area (Å²) in [5.74, 6) is 1.15. The number of aromatic nitrogens is 1. The lowest BCUT2D eigenvalue weighted by Gasteiger charge is -2.04. The fourth-order valence-corrected chi connectivity index (χ4v) is 2.18. The molecule has 0 saturated heterocycles. The number of methoxy groups -OCH3 is 1. The number of ether oxygens (including phenoxy) is 1. The van der Waals surface area contributed by atoms with Gasteiger partial charge in [0.05, 0.1) is 7.11 Å². The summed E-state index contributed by atoms with van der Waals surface area (Å²) in [6.45, 7) is 0. The number of nitrogens with one attached hydrogen (secondary N) is 1. The van der Waals surface area contributed by atoms with E-state index in [1.54, 1.807) is 19.2 Å². The van der Waals surface area contributed by atoms with Crippen molar-refractivity contribution in [2.75, 3.05) is 12.4 Å². The van der Waals surface area contributed by atoms with Crippen LogP contribution in [0.5, 0.6) is 5.75 Å². The minimum atomic E-state index is -1.23. The summed E-state index contributed by atoms with van der Waals surface area (Å²) in [6.07, 6.45) is -1.23. The highest BCUT2D eigenvalue weighted by Crippen LogP contribution is 2.31. The van der Waals surface area contributed by atoms with E-state index in [2.05, 4.69) is 10.3 Å². The monoisotopic (exact) mass is 311 g/mol. The van der Waals surface area contributed by atoms with Gasteiger partial charge in [0.2, 0.25) is 0 Å². The summed E-state index contributed by atoms with van der Waals surface area (Å²) in [4.78, 5) is 4.24. The number of hydrogen-bond acceptors (Lipinski definition) is 6. The largest absolute Gasteiger partial charge is 0.497 e. The Kier molecular flexibility index (Phi) is 4.27. The van der Waals surface area contributed by atoms with Crippen LogP contribution in [-0.4, -0.2) is 17.2 Å². The van der Waals surface area contributed by atoms with Crippen LogP contribution in [0.25, 0.3) is 11.3 Å². The van der Waals surface area contributed by atoms with Crippen LogP contribution in [0.15, 0.2) is 59.0 Å². The first-order valence-corrected chi connectivity index (χ1v) is 7.08. The van der Waals surface area contributed by atoms with Crippen molar-refractivity contribution in [1.82, 2.24) is 4.98 Å². The van der Waals surface area contributed by atoms with Crippen molar-refractivity contribution >= 4 is 11.7 Å². The molecule has 6 nitrogen and oxygen atoms in total. The first-order valence-electron chi connectivity index (χ1n) is 7.08. The van der Waals surface area contributed by atoms with Crippen molar-refractivity contribution in [1.29, 1.82) is 0 Å². The van der Waals surface area contributed by atoms with Crippen LogP contribution >= 0.6 is 0 Å². The van der Waals surface area contributed by atoms with Crippen LogP contribution in [0.1, 0.15) is 11.9 Å². The molecule has 0 spiro atoms. The summed E-state index contributed by atoms with van der Waals surface area (Å²) in [5.41, 5.74) is 7.44. The maximum Gasteiger partial charge on any atom is 0.300 e. The van der Waals surface area contributed by atoms with Gasteiger partial charge in [-0.2, -0.15) is 4.98 Å². The van der Waals surface area contributed by atoms with Crippen LogP contribution in [0, 0.1) is 0 Å². The Balaban J connectivity index is 1.95. The van der Waals surface area contributed by atoms with Gasteiger partial charge in [-0.05, 0) is 36.4 Å². The molecule has 0 bridgehead atoms. The topological polar surface area (TPSA) is 93.5 Å². The molecule has 1 heterocycles. The Morgan fingerprint density at radius 1 is 1.13 bits per heavy atom. The maximum absolute atomic E-state index is 9.75. The molecule has 0 fully saturated rings. The third-order valence-corrected chi connectivity index (χ3v) is 3.31. The normalized spacial score (nSPS) is 12.0. The SMILES string of the molecule is COc1ccc(-c2oc(Nc3ccccc3)nc2C(N)O)cc1. The highest BCUT2D eigenvalue weighted by molar-refractivity contribution is 5.64. The lowest BCUT2D eigenvalue weighted by Crippen LogP contribution is -2.10. The van der Waals surface area contributed by atoms with Crippen LogP contribution in [0.2, 0.25) is 0 Å². The Hall–Kier alpha value is -2.83. The van der Waals surface area contributed by atoms with Crippen LogP contribution in [0.3, 0.4) is 0 Å². The third kappa shape index (κ3) is 3.33. The van der Waals surface area contributed by atoms with Gasteiger partial charge >= 0.3 is 0 Å². The molecule has 6 heteroatoms. The molecule has 3 rings (SSSR count). The van der Waals surface area contributed by atoms with E-state index in [-0.39, 0.29) is 11.7 Å². The van der Waals surface area contributed by atoms with E-state index in [1.807, 2.05) is 42.5 Å². The fraction of sp³-hybridized carbons (Fsp3) is 0.118. The van der Waals surface area contributed by atoms with Crippen LogP contribution < -0.4 is 15.8 Å². The van der Waals surface area contributed by atoms with Gasteiger partial charge in [-0.1, -0.05) is 18.2 Å². The molecule has 3 aromatic rings. The second-order valence-electron chi connectivity index (χ2n) is 4.90. The average Bonchev–Trinajstić information content (AvgIpc) is 3.00. The van der Waals surface area contributed by atoms with E-state index in [1.165, 1.54) is 0 Å². The van der Waals surface area contributed by atoms with Gasteiger partial charge < -0.3 is 25.3 Å². The van der Waals surface area contributed by atoms with Crippen LogP contribution in [-0.2, 0) is 0 Å². The molecular weight excluding hydrogens is 294 g/mol. The molecule has 1 aromatic heterocycles. The second kappa shape index (κ2) is 6.51. The van der Waals surface area contributed by atoms with E-state index < -0.39 is 6.23 Å². The maximum atomic E-state index is 9.75. The quantitative estimate of drug-likeness (QED) is 0.627. The Bertz CT molecular complexity index is 768. The average molecular weight is 311 g/mol. The van der Waals surface area contributed by atoms with Crippen molar-refractivity contribution in [2.45, 2.75) is 6.23 Å². The summed E-state index contributed by atoms with van der Waals surface area (Å²) in [5, 5.41) is 12.8. The number of hydrogen-bond donors (Lipinski definition) is 3. The van der Waals surface area contributed by atoms with Crippen molar-refractivity contribution < 1.29 is 14.3 Å². The molecule has 1 unspecified atom stereocenters. The van der Waals surface area contributed by atoms with E-state index in [4.69, 9.17) is 14.9 Å². The van der Waals surface area contributed by atoms with Crippen molar-refractivity contribution in [2.24, 2.45) is 5.73 Å². The molecule has 0 radical (unpaired) electrons. The number of aliphatic hydroxyl groups is 1. The number of anilines is 2. The molecule has 23 heavy (non-hydrogen) atoms. The summed E-state index contributed by atoms with van der Waals surface area (Å²) in [7, 11) is 1.60. The Labute approximate surface area is 133 Å². The summed E-state index contributed by atoms with van der Waals surface area (Å²) in [6, 6.07) is 17.0. The van der Waals surface area contributed by atoms with Gasteiger partial charge in [-0.25, -0.2) is 0 Å². The Morgan fingerprint density at radius 3 is 2.43 bits per heavy atom. The van der Waals surface area contributed by atoms with Gasteiger partial charge in [-0.15, -0.1) is 0 Å². The zero-order valence-electron chi connectivity index (χ0n) is 12.6. The second-order valence-corrected chi connectivity index (χ2v) is 4.90. The van der Waals surface area contributed by atoms with E-state index in [9.17, 15) is 5.11 Å². The lowest BCUT2D eigenvalue weighted by molar-refractivity contribution is 0.182. The zero-order chi connectivity index (χ0) is 16.2. The first kappa shape index (κ1) is 15.1. The predicted octanol–water partition coefficient (Wildman–Crippen LogP) is 3.04. The van der Waals surface area contributed by atoms with Crippen molar-refractivity contribution in [3.05, 3.63) is 60.3 Å².